The molecule has 0 fully saturated rings. The Bertz CT molecular complexity index is 618. The van der Waals surface area contributed by atoms with E-state index in [1.54, 1.807) is 6.20 Å². The van der Waals surface area contributed by atoms with E-state index in [9.17, 15) is 4.79 Å². The molecule has 21 heavy (non-hydrogen) atoms. The lowest BCUT2D eigenvalue weighted by Gasteiger charge is -2.28. The Kier molecular flexibility index (Phi) is 4.89. The van der Waals surface area contributed by atoms with E-state index in [1.165, 1.54) is 0 Å². The van der Waals surface area contributed by atoms with Crippen molar-refractivity contribution in [2.75, 3.05) is 12.3 Å². The van der Waals surface area contributed by atoms with Crippen LogP contribution in [0.3, 0.4) is 0 Å². The van der Waals surface area contributed by atoms with Crippen LogP contribution < -0.4 is 5.73 Å². The number of H-pyrrole nitrogens is 1. The minimum absolute atomic E-state index is 0.0923. The summed E-state index contributed by atoms with van der Waals surface area (Å²) in [5.41, 5.74) is 8.20. The first kappa shape index (κ1) is 15.4. The van der Waals surface area contributed by atoms with Crippen LogP contribution in [0.1, 0.15) is 50.4 Å². The fourth-order valence-electron chi connectivity index (χ4n) is 2.54. The van der Waals surface area contributed by atoms with Crippen molar-refractivity contribution in [2.45, 2.75) is 46.1 Å². The molecule has 1 amide bonds. The third kappa shape index (κ3) is 3.20. The SMILES string of the molecule is CCCCN(C(=O)c1c[nH]c2ccc(N)cc12)C(C)CC. The number of nitrogens with two attached hydrogens (primary N) is 1. The number of carbonyl (C=O) groups excluding carboxylic acids is 1. The summed E-state index contributed by atoms with van der Waals surface area (Å²) in [6.07, 6.45) is 4.87. The number of amides is 1. The van der Waals surface area contributed by atoms with Crippen LogP contribution in [0.4, 0.5) is 5.69 Å². The van der Waals surface area contributed by atoms with Gasteiger partial charge in [-0.3, -0.25) is 4.79 Å². The Labute approximate surface area is 126 Å². The molecule has 0 aliphatic heterocycles. The van der Waals surface area contributed by atoms with E-state index in [0.29, 0.717) is 11.3 Å². The summed E-state index contributed by atoms with van der Waals surface area (Å²) in [7, 11) is 0. The number of nitrogen functional groups attached to an aromatic ring is 1. The zero-order valence-electron chi connectivity index (χ0n) is 13.1. The maximum atomic E-state index is 12.9. The summed E-state index contributed by atoms with van der Waals surface area (Å²) < 4.78 is 0. The maximum Gasteiger partial charge on any atom is 0.256 e. The van der Waals surface area contributed by atoms with E-state index in [4.69, 9.17) is 5.73 Å². The van der Waals surface area contributed by atoms with E-state index in [-0.39, 0.29) is 11.9 Å². The molecule has 114 valence electrons. The van der Waals surface area contributed by atoms with Gasteiger partial charge < -0.3 is 15.6 Å². The number of rotatable bonds is 6. The van der Waals surface area contributed by atoms with Gasteiger partial charge in [-0.05, 0) is 38.0 Å². The highest BCUT2D eigenvalue weighted by Crippen LogP contribution is 2.23. The van der Waals surface area contributed by atoms with Gasteiger partial charge in [0, 0.05) is 35.4 Å². The van der Waals surface area contributed by atoms with Crippen molar-refractivity contribution in [1.29, 1.82) is 0 Å². The standard InChI is InChI=1S/C17H25N3O/c1-4-6-9-20(12(3)5-2)17(21)15-11-19-16-8-7-13(18)10-14(15)16/h7-8,10-12,19H,4-6,9,18H2,1-3H3. The third-order valence-corrected chi connectivity index (χ3v) is 4.07. The summed E-state index contributed by atoms with van der Waals surface area (Å²) in [5, 5.41) is 0.907. The second-order valence-corrected chi connectivity index (χ2v) is 5.62. The highest BCUT2D eigenvalue weighted by Gasteiger charge is 2.22. The molecule has 1 heterocycles. The van der Waals surface area contributed by atoms with Crippen molar-refractivity contribution in [1.82, 2.24) is 9.88 Å². The summed E-state index contributed by atoms with van der Waals surface area (Å²) in [6, 6.07) is 5.88. The molecule has 4 heteroatoms. The second kappa shape index (κ2) is 6.66. The first-order valence-electron chi connectivity index (χ1n) is 7.76. The minimum atomic E-state index is 0.0923. The van der Waals surface area contributed by atoms with E-state index < -0.39 is 0 Å². The van der Waals surface area contributed by atoms with Crippen LogP contribution in [-0.2, 0) is 0 Å². The van der Waals surface area contributed by atoms with Crippen LogP contribution in [-0.4, -0.2) is 28.4 Å². The number of hydrogen-bond donors (Lipinski definition) is 2. The Morgan fingerprint density at radius 2 is 2.14 bits per heavy atom. The topological polar surface area (TPSA) is 62.1 Å². The number of nitrogens with one attached hydrogen (secondary N) is 1. The van der Waals surface area contributed by atoms with Gasteiger partial charge in [-0.25, -0.2) is 0 Å². The monoisotopic (exact) mass is 287 g/mol. The molecule has 0 bridgehead atoms. The number of aromatic nitrogens is 1. The van der Waals surface area contributed by atoms with E-state index in [2.05, 4.69) is 25.8 Å². The van der Waals surface area contributed by atoms with Gasteiger partial charge in [-0.1, -0.05) is 20.3 Å². The number of nitrogens with zero attached hydrogens (tertiary/aromatic N) is 1. The largest absolute Gasteiger partial charge is 0.399 e. The number of anilines is 1. The lowest BCUT2D eigenvalue weighted by Crippen LogP contribution is -2.39. The summed E-state index contributed by atoms with van der Waals surface area (Å²) in [4.78, 5) is 18.0. The zero-order chi connectivity index (χ0) is 15.4. The van der Waals surface area contributed by atoms with Crippen LogP contribution in [0.5, 0.6) is 0 Å². The smallest absolute Gasteiger partial charge is 0.256 e. The molecule has 1 aromatic heterocycles. The normalized spacial score (nSPS) is 12.5. The van der Waals surface area contributed by atoms with Gasteiger partial charge in [0.15, 0.2) is 0 Å². The second-order valence-electron chi connectivity index (χ2n) is 5.62. The van der Waals surface area contributed by atoms with Crippen molar-refractivity contribution < 1.29 is 4.79 Å². The van der Waals surface area contributed by atoms with Crippen LogP contribution in [0.15, 0.2) is 24.4 Å². The number of benzene rings is 1. The molecule has 1 aromatic carbocycles. The van der Waals surface area contributed by atoms with Crippen molar-refractivity contribution in [2.24, 2.45) is 0 Å². The molecule has 1 atom stereocenters. The molecule has 1 unspecified atom stereocenters. The predicted molar refractivity (Wildman–Crippen MR) is 88.4 cm³/mol. The number of aromatic amines is 1. The molecule has 0 saturated carbocycles. The van der Waals surface area contributed by atoms with Crippen LogP contribution in [0.25, 0.3) is 10.9 Å². The Hall–Kier alpha value is -1.97. The molecule has 2 aromatic rings. The summed E-state index contributed by atoms with van der Waals surface area (Å²) in [6.45, 7) is 7.17. The lowest BCUT2D eigenvalue weighted by atomic mass is 10.1. The lowest BCUT2D eigenvalue weighted by molar-refractivity contribution is 0.0687. The van der Waals surface area contributed by atoms with Gasteiger partial charge in [0.25, 0.3) is 5.91 Å². The quantitative estimate of drug-likeness (QED) is 0.794. The van der Waals surface area contributed by atoms with E-state index >= 15 is 0 Å². The Morgan fingerprint density at radius 3 is 2.81 bits per heavy atom. The maximum absolute atomic E-state index is 12.9. The molecule has 0 aliphatic carbocycles. The number of hydrogen-bond acceptors (Lipinski definition) is 2. The van der Waals surface area contributed by atoms with E-state index in [1.807, 2.05) is 23.1 Å². The molecule has 0 aliphatic rings. The van der Waals surface area contributed by atoms with Gasteiger partial charge in [0.1, 0.15) is 0 Å². The Morgan fingerprint density at radius 1 is 1.38 bits per heavy atom. The minimum Gasteiger partial charge on any atom is -0.399 e. The molecular weight excluding hydrogens is 262 g/mol. The van der Waals surface area contributed by atoms with Gasteiger partial charge in [0.2, 0.25) is 0 Å². The average Bonchev–Trinajstić information content (AvgIpc) is 2.89. The molecule has 3 N–H and O–H groups in total. The first-order valence-corrected chi connectivity index (χ1v) is 7.76. The summed E-state index contributed by atoms with van der Waals surface area (Å²) in [5.74, 6) is 0.0923. The molecule has 2 rings (SSSR count). The molecule has 0 saturated heterocycles. The van der Waals surface area contributed by atoms with Gasteiger partial charge >= 0.3 is 0 Å². The van der Waals surface area contributed by atoms with Gasteiger partial charge in [-0.2, -0.15) is 0 Å². The highest BCUT2D eigenvalue weighted by atomic mass is 16.2. The third-order valence-electron chi connectivity index (χ3n) is 4.07. The molecule has 4 nitrogen and oxygen atoms in total. The van der Waals surface area contributed by atoms with E-state index in [0.717, 1.165) is 36.7 Å². The Balaban J connectivity index is 2.35. The van der Waals surface area contributed by atoms with Crippen LogP contribution in [0, 0.1) is 0 Å². The average molecular weight is 287 g/mol. The molecule has 0 radical (unpaired) electrons. The van der Waals surface area contributed by atoms with Crippen molar-refractivity contribution in [3.8, 4) is 0 Å². The first-order chi connectivity index (χ1) is 10.1. The molecular formula is C17H25N3O. The van der Waals surface area contributed by atoms with Crippen molar-refractivity contribution in [3.63, 3.8) is 0 Å². The highest BCUT2D eigenvalue weighted by molar-refractivity contribution is 6.07. The summed E-state index contributed by atoms with van der Waals surface area (Å²) >= 11 is 0. The number of unbranched alkanes of at least 4 members (excludes halogenated alkanes) is 1. The fourth-order valence-corrected chi connectivity index (χ4v) is 2.54. The predicted octanol–water partition coefficient (Wildman–Crippen LogP) is 3.79. The number of fused-ring (bicyclic) bond motifs is 1. The fraction of sp³-hybridized carbons (Fsp3) is 0.471. The molecule has 0 spiro atoms. The van der Waals surface area contributed by atoms with Crippen LogP contribution >= 0.6 is 0 Å². The van der Waals surface area contributed by atoms with Gasteiger partial charge in [0.05, 0.1) is 5.56 Å². The zero-order valence-corrected chi connectivity index (χ0v) is 13.1. The van der Waals surface area contributed by atoms with Crippen LogP contribution in [0.2, 0.25) is 0 Å². The van der Waals surface area contributed by atoms with Gasteiger partial charge in [-0.15, -0.1) is 0 Å². The van der Waals surface area contributed by atoms with Crippen molar-refractivity contribution >= 4 is 22.5 Å². The number of carbonyl (C=O) groups is 1. The van der Waals surface area contributed by atoms with Crippen molar-refractivity contribution in [3.05, 3.63) is 30.0 Å².